The molecule has 1 nitrogen and oxygen atoms in total. The summed E-state index contributed by atoms with van der Waals surface area (Å²) in [4.78, 5) is 11.3. The molecule has 9 heavy (non-hydrogen) atoms. The standard InChI is InChI=1S/C7H14OSi/c1-9(2,3)7(8)6-4-5-6/h6H,4-5H2,1-3H3. The van der Waals surface area contributed by atoms with Crippen molar-refractivity contribution >= 4 is 13.5 Å². The smallest absolute Gasteiger partial charge is 0.124 e. The fourth-order valence-electron chi connectivity index (χ4n) is 0.958. The second-order valence-electron chi connectivity index (χ2n) is 3.89. The molecule has 0 aromatic rings. The fraction of sp³-hybridized carbons (Fsp3) is 0.857. The van der Waals surface area contributed by atoms with Crippen LogP contribution in [0.4, 0.5) is 0 Å². The van der Waals surface area contributed by atoms with Gasteiger partial charge in [-0.1, -0.05) is 19.6 Å². The molecule has 0 saturated heterocycles. The highest BCUT2D eigenvalue weighted by molar-refractivity contribution is 7.03. The summed E-state index contributed by atoms with van der Waals surface area (Å²) in [5.41, 5.74) is 0. The Bertz CT molecular complexity index is 130. The van der Waals surface area contributed by atoms with Gasteiger partial charge in [-0.3, -0.25) is 0 Å². The summed E-state index contributed by atoms with van der Waals surface area (Å²) in [7, 11) is -1.40. The van der Waals surface area contributed by atoms with E-state index < -0.39 is 8.07 Å². The highest BCUT2D eigenvalue weighted by Crippen LogP contribution is 2.32. The van der Waals surface area contributed by atoms with Crippen LogP contribution in [-0.2, 0) is 4.79 Å². The molecule has 0 bridgehead atoms. The van der Waals surface area contributed by atoms with Crippen molar-refractivity contribution in [2.24, 2.45) is 5.92 Å². The van der Waals surface area contributed by atoms with Crippen LogP contribution in [0.5, 0.6) is 0 Å². The average molecular weight is 142 g/mol. The van der Waals surface area contributed by atoms with Gasteiger partial charge in [-0.2, -0.15) is 0 Å². The Morgan fingerprint density at radius 1 is 1.33 bits per heavy atom. The molecular formula is C7H14OSi. The number of carbonyl (C=O) groups excluding carboxylic acids is 1. The molecule has 0 heterocycles. The lowest BCUT2D eigenvalue weighted by Gasteiger charge is -2.12. The van der Waals surface area contributed by atoms with E-state index in [0.29, 0.717) is 11.3 Å². The van der Waals surface area contributed by atoms with Crippen molar-refractivity contribution in [2.45, 2.75) is 32.5 Å². The Morgan fingerprint density at radius 3 is 1.89 bits per heavy atom. The van der Waals surface area contributed by atoms with Crippen molar-refractivity contribution in [3.8, 4) is 0 Å². The molecule has 0 amide bonds. The third-order valence-electron chi connectivity index (χ3n) is 1.69. The first-order chi connectivity index (χ1) is 4.02. The summed E-state index contributed by atoms with van der Waals surface area (Å²) < 4.78 is 0. The van der Waals surface area contributed by atoms with E-state index in [-0.39, 0.29) is 0 Å². The molecule has 52 valence electrons. The third kappa shape index (κ3) is 1.65. The second-order valence-corrected chi connectivity index (χ2v) is 8.88. The highest BCUT2D eigenvalue weighted by atomic mass is 28.3. The Morgan fingerprint density at radius 2 is 1.78 bits per heavy atom. The van der Waals surface area contributed by atoms with Gasteiger partial charge in [0.1, 0.15) is 13.5 Å². The van der Waals surface area contributed by atoms with Gasteiger partial charge in [0.2, 0.25) is 0 Å². The third-order valence-corrected chi connectivity index (χ3v) is 3.57. The zero-order valence-corrected chi connectivity index (χ0v) is 7.40. The van der Waals surface area contributed by atoms with Gasteiger partial charge in [-0.15, -0.1) is 0 Å². The van der Waals surface area contributed by atoms with E-state index in [2.05, 4.69) is 19.6 Å². The van der Waals surface area contributed by atoms with Crippen molar-refractivity contribution in [1.82, 2.24) is 0 Å². The summed E-state index contributed by atoms with van der Waals surface area (Å²) in [6.45, 7) is 6.40. The van der Waals surface area contributed by atoms with Crippen molar-refractivity contribution in [3.05, 3.63) is 0 Å². The summed E-state index contributed by atoms with van der Waals surface area (Å²) in [5.74, 6) is 0.483. The molecule has 1 fully saturated rings. The van der Waals surface area contributed by atoms with Gasteiger partial charge < -0.3 is 4.79 Å². The normalized spacial score (nSPS) is 19.9. The molecule has 2 heteroatoms. The maximum absolute atomic E-state index is 11.3. The number of hydrogen-bond donors (Lipinski definition) is 0. The fourth-order valence-corrected chi connectivity index (χ4v) is 2.47. The predicted octanol–water partition coefficient (Wildman–Crippen LogP) is 1.84. The van der Waals surface area contributed by atoms with Crippen molar-refractivity contribution in [1.29, 1.82) is 0 Å². The van der Waals surface area contributed by atoms with Gasteiger partial charge in [0.05, 0.1) is 0 Å². The van der Waals surface area contributed by atoms with Crippen LogP contribution >= 0.6 is 0 Å². The Hall–Kier alpha value is -0.113. The highest BCUT2D eigenvalue weighted by Gasteiger charge is 2.37. The molecule has 0 atom stereocenters. The van der Waals surface area contributed by atoms with Gasteiger partial charge in [-0.05, 0) is 12.8 Å². The van der Waals surface area contributed by atoms with Crippen LogP contribution in [0.25, 0.3) is 0 Å². The number of rotatable bonds is 2. The molecule has 0 spiro atoms. The molecule has 0 N–H and O–H groups in total. The molecule has 1 aliphatic rings. The van der Waals surface area contributed by atoms with E-state index in [1.807, 2.05) is 0 Å². The van der Waals surface area contributed by atoms with Crippen molar-refractivity contribution in [3.63, 3.8) is 0 Å². The lowest BCUT2D eigenvalue weighted by Crippen LogP contribution is -2.34. The van der Waals surface area contributed by atoms with E-state index >= 15 is 0 Å². The maximum atomic E-state index is 11.3. The van der Waals surface area contributed by atoms with Gasteiger partial charge in [-0.25, -0.2) is 0 Å². The SMILES string of the molecule is C[Si](C)(C)C(=O)C1CC1. The molecule has 1 rings (SSSR count). The predicted molar refractivity (Wildman–Crippen MR) is 41.1 cm³/mol. The zero-order chi connectivity index (χ0) is 7.07. The summed E-state index contributed by atoms with van der Waals surface area (Å²) in [5, 5.41) is 0.586. The number of hydrogen-bond acceptors (Lipinski definition) is 1. The molecule has 0 aromatic heterocycles. The molecule has 0 aromatic carbocycles. The minimum Gasteiger partial charge on any atom is -0.305 e. The Kier molecular flexibility index (Phi) is 1.51. The average Bonchev–Trinajstić information content (AvgIpc) is 2.40. The van der Waals surface area contributed by atoms with Gasteiger partial charge in [0.25, 0.3) is 0 Å². The monoisotopic (exact) mass is 142 g/mol. The molecular weight excluding hydrogens is 128 g/mol. The van der Waals surface area contributed by atoms with Crippen LogP contribution in [0.1, 0.15) is 12.8 Å². The van der Waals surface area contributed by atoms with Crippen LogP contribution in [0.2, 0.25) is 19.6 Å². The van der Waals surface area contributed by atoms with Crippen LogP contribution in [0, 0.1) is 5.92 Å². The first-order valence-electron chi connectivity index (χ1n) is 3.56. The summed E-state index contributed by atoms with van der Waals surface area (Å²) in [6.07, 6.45) is 2.34. The van der Waals surface area contributed by atoms with E-state index in [1.165, 1.54) is 12.8 Å². The van der Waals surface area contributed by atoms with Crippen LogP contribution in [-0.4, -0.2) is 13.5 Å². The first kappa shape index (κ1) is 7.00. The van der Waals surface area contributed by atoms with Gasteiger partial charge in [0.15, 0.2) is 0 Å². The van der Waals surface area contributed by atoms with E-state index in [9.17, 15) is 4.79 Å². The minimum absolute atomic E-state index is 0.483. The Balaban J connectivity index is 2.50. The van der Waals surface area contributed by atoms with E-state index in [4.69, 9.17) is 0 Å². The summed E-state index contributed by atoms with van der Waals surface area (Å²) >= 11 is 0. The Labute approximate surface area is 57.5 Å². The lowest BCUT2D eigenvalue weighted by atomic mass is 10.5. The molecule has 0 unspecified atom stereocenters. The minimum atomic E-state index is -1.40. The second kappa shape index (κ2) is 1.94. The van der Waals surface area contributed by atoms with E-state index in [1.54, 1.807) is 0 Å². The maximum Gasteiger partial charge on any atom is 0.124 e. The largest absolute Gasteiger partial charge is 0.305 e. The molecule has 1 saturated carbocycles. The van der Waals surface area contributed by atoms with Crippen LogP contribution < -0.4 is 0 Å². The molecule has 0 radical (unpaired) electrons. The van der Waals surface area contributed by atoms with Crippen LogP contribution in [0.15, 0.2) is 0 Å². The lowest BCUT2D eigenvalue weighted by molar-refractivity contribution is -0.113. The zero-order valence-electron chi connectivity index (χ0n) is 6.40. The van der Waals surface area contributed by atoms with Gasteiger partial charge >= 0.3 is 0 Å². The first-order valence-corrected chi connectivity index (χ1v) is 7.06. The summed E-state index contributed by atoms with van der Waals surface area (Å²) in [6, 6.07) is 0. The molecule has 0 aliphatic heterocycles. The van der Waals surface area contributed by atoms with Crippen molar-refractivity contribution < 1.29 is 4.79 Å². The van der Waals surface area contributed by atoms with Crippen molar-refractivity contribution in [2.75, 3.05) is 0 Å². The van der Waals surface area contributed by atoms with Gasteiger partial charge in [0, 0.05) is 5.92 Å². The topological polar surface area (TPSA) is 17.1 Å². The van der Waals surface area contributed by atoms with E-state index in [0.717, 1.165) is 0 Å². The molecule has 1 aliphatic carbocycles. The van der Waals surface area contributed by atoms with Crippen LogP contribution in [0.3, 0.4) is 0 Å². The number of carbonyl (C=O) groups is 1. The quantitative estimate of drug-likeness (QED) is 0.538.